The van der Waals surface area contributed by atoms with Gasteiger partial charge in [0.05, 0.1) is 17.9 Å². The molecule has 0 unspecified atom stereocenters. The van der Waals surface area contributed by atoms with Crippen LogP contribution >= 0.6 is 0 Å². The van der Waals surface area contributed by atoms with Crippen molar-refractivity contribution >= 4 is 17.6 Å². The lowest BCUT2D eigenvalue weighted by Crippen LogP contribution is -2.38. The van der Waals surface area contributed by atoms with E-state index in [0.29, 0.717) is 24.5 Å². The van der Waals surface area contributed by atoms with Crippen LogP contribution in [0.4, 0.5) is 10.2 Å². The number of unbranched alkanes of at least 4 members (excludes halogenated alkanes) is 1. The van der Waals surface area contributed by atoms with Gasteiger partial charge in [-0.2, -0.15) is 5.10 Å². The zero-order valence-corrected chi connectivity index (χ0v) is 18.0. The van der Waals surface area contributed by atoms with E-state index in [1.54, 1.807) is 21.7 Å². The summed E-state index contributed by atoms with van der Waals surface area (Å²) in [6, 6.07) is 7.74. The zero-order valence-electron chi connectivity index (χ0n) is 18.0. The average molecular weight is 403 g/mol. The van der Waals surface area contributed by atoms with Gasteiger partial charge in [-0.15, -0.1) is 0 Å². The first kappa shape index (κ1) is 22.6. The number of benzene rings is 1. The minimum absolute atomic E-state index is 0.0154. The summed E-state index contributed by atoms with van der Waals surface area (Å²) in [5.41, 5.74) is 1.21. The third kappa shape index (κ3) is 6.14. The van der Waals surface area contributed by atoms with Crippen molar-refractivity contribution in [3.63, 3.8) is 0 Å². The van der Waals surface area contributed by atoms with E-state index in [9.17, 15) is 14.0 Å². The lowest BCUT2D eigenvalue weighted by atomic mass is 9.92. The van der Waals surface area contributed by atoms with Crippen LogP contribution in [0.15, 0.2) is 30.3 Å². The fourth-order valence-corrected chi connectivity index (χ4v) is 2.83. The average Bonchev–Trinajstić information content (AvgIpc) is 3.08. The Hall–Kier alpha value is -2.70. The van der Waals surface area contributed by atoms with Gasteiger partial charge < -0.3 is 10.2 Å². The molecule has 0 aliphatic rings. The number of aromatic nitrogens is 2. The van der Waals surface area contributed by atoms with Crippen molar-refractivity contribution in [3.8, 4) is 5.69 Å². The molecule has 0 radical (unpaired) electrons. The summed E-state index contributed by atoms with van der Waals surface area (Å²) in [5.74, 6) is -0.164. The van der Waals surface area contributed by atoms with Gasteiger partial charge in [0, 0.05) is 24.4 Å². The van der Waals surface area contributed by atoms with Crippen molar-refractivity contribution in [1.29, 1.82) is 0 Å². The summed E-state index contributed by atoms with van der Waals surface area (Å²) < 4.78 is 14.9. The van der Waals surface area contributed by atoms with E-state index in [1.807, 2.05) is 40.7 Å². The number of likely N-dealkylation sites (N-methyl/N-ethyl adjacent to an activating group) is 1. The van der Waals surface area contributed by atoms with Crippen molar-refractivity contribution in [2.75, 3.05) is 18.4 Å². The second-order valence-corrected chi connectivity index (χ2v) is 8.11. The minimum Gasteiger partial charge on any atom is -0.334 e. The molecule has 2 rings (SSSR count). The first-order valence-electron chi connectivity index (χ1n) is 10.1. The van der Waals surface area contributed by atoms with E-state index in [-0.39, 0.29) is 29.6 Å². The molecule has 0 bridgehead atoms. The molecule has 0 aliphatic carbocycles. The Bertz CT molecular complexity index is 837. The SMILES string of the molecule is CCCCC(=O)N(CC)CC(=O)Nc1cc(C(C)(C)C)nn1-c1ccc(F)cc1. The molecule has 7 heteroatoms. The third-order valence-electron chi connectivity index (χ3n) is 4.63. The van der Waals surface area contributed by atoms with Gasteiger partial charge >= 0.3 is 0 Å². The maximum Gasteiger partial charge on any atom is 0.245 e. The molecule has 2 amide bonds. The van der Waals surface area contributed by atoms with E-state index in [4.69, 9.17) is 0 Å². The van der Waals surface area contributed by atoms with Gasteiger partial charge in [-0.3, -0.25) is 9.59 Å². The first-order valence-corrected chi connectivity index (χ1v) is 10.1. The second kappa shape index (κ2) is 9.67. The van der Waals surface area contributed by atoms with Crippen LogP contribution in [-0.2, 0) is 15.0 Å². The van der Waals surface area contributed by atoms with Crippen LogP contribution in [0.5, 0.6) is 0 Å². The Labute approximate surface area is 172 Å². The number of hydrogen-bond acceptors (Lipinski definition) is 3. The molecule has 0 saturated heterocycles. The molecular formula is C22H31FN4O2. The number of halogens is 1. The number of anilines is 1. The number of carbonyl (C=O) groups excluding carboxylic acids is 2. The fourth-order valence-electron chi connectivity index (χ4n) is 2.83. The van der Waals surface area contributed by atoms with E-state index in [1.165, 1.54) is 12.1 Å². The van der Waals surface area contributed by atoms with Crippen LogP contribution in [0, 0.1) is 5.82 Å². The van der Waals surface area contributed by atoms with Crippen LogP contribution in [-0.4, -0.2) is 39.6 Å². The highest BCUT2D eigenvalue weighted by atomic mass is 19.1. The highest BCUT2D eigenvalue weighted by molar-refractivity contribution is 5.94. The monoisotopic (exact) mass is 402 g/mol. The molecule has 0 aliphatic heterocycles. The molecule has 0 spiro atoms. The number of rotatable bonds is 8. The standard InChI is InChI=1S/C22H31FN4O2/c1-6-8-9-21(29)26(7-2)15-20(28)24-19-14-18(22(3,4)5)25-27(19)17-12-10-16(23)11-13-17/h10-14H,6-9,15H2,1-5H3,(H,24,28). The Morgan fingerprint density at radius 2 is 1.83 bits per heavy atom. The van der Waals surface area contributed by atoms with Gasteiger partial charge in [-0.1, -0.05) is 34.1 Å². The Balaban J connectivity index is 2.24. The topological polar surface area (TPSA) is 67.2 Å². The molecule has 2 aromatic rings. The number of nitrogens with one attached hydrogen (secondary N) is 1. The van der Waals surface area contributed by atoms with Crippen molar-refractivity contribution in [2.24, 2.45) is 0 Å². The maximum absolute atomic E-state index is 13.3. The van der Waals surface area contributed by atoms with E-state index in [0.717, 1.165) is 18.5 Å². The number of amides is 2. The first-order chi connectivity index (χ1) is 13.7. The van der Waals surface area contributed by atoms with Crippen LogP contribution < -0.4 is 5.32 Å². The summed E-state index contributed by atoms with van der Waals surface area (Å²) >= 11 is 0. The zero-order chi connectivity index (χ0) is 21.6. The van der Waals surface area contributed by atoms with Gasteiger partial charge in [0.2, 0.25) is 11.8 Å². The number of hydrogen-bond donors (Lipinski definition) is 1. The third-order valence-corrected chi connectivity index (χ3v) is 4.63. The number of nitrogens with zero attached hydrogens (tertiary/aromatic N) is 3. The second-order valence-electron chi connectivity index (χ2n) is 8.11. The fraction of sp³-hybridized carbons (Fsp3) is 0.500. The molecule has 0 atom stereocenters. The summed E-state index contributed by atoms with van der Waals surface area (Å²) in [4.78, 5) is 26.5. The van der Waals surface area contributed by atoms with E-state index < -0.39 is 0 Å². The summed E-state index contributed by atoms with van der Waals surface area (Å²) in [7, 11) is 0. The van der Waals surface area contributed by atoms with E-state index in [2.05, 4.69) is 10.4 Å². The number of carbonyl (C=O) groups is 2. The lowest BCUT2D eigenvalue weighted by molar-refractivity contribution is -0.134. The molecule has 1 N–H and O–H groups in total. The molecule has 1 aromatic carbocycles. The van der Waals surface area contributed by atoms with Crippen molar-refractivity contribution in [3.05, 3.63) is 41.8 Å². The minimum atomic E-state index is -0.341. The van der Waals surface area contributed by atoms with Crippen molar-refractivity contribution < 1.29 is 14.0 Å². The van der Waals surface area contributed by atoms with Gasteiger partial charge in [0.1, 0.15) is 11.6 Å². The molecule has 0 fully saturated rings. The van der Waals surface area contributed by atoms with Crippen molar-refractivity contribution in [2.45, 2.75) is 59.3 Å². The van der Waals surface area contributed by atoms with E-state index >= 15 is 0 Å². The Morgan fingerprint density at radius 3 is 2.38 bits per heavy atom. The summed E-state index contributed by atoms with van der Waals surface area (Å²) in [6.45, 7) is 10.4. The molecular weight excluding hydrogens is 371 g/mol. The van der Waals surface area contributed by atoms with Gasteiger partial charge in [-0.25, -0.2) is 9.07 Å². The largest absolute Gasteiger partial charge is 0.334 e. The lowest BCUT2D eigenvalue weighted by Gasteiger charge is -2.20. The Kier molecular flexibility index (Phi) is 7.53. The smallest absolute Gasteiger partial charge is 0.245 e. The highest BCUT2D eigenvalue weighted by Gasteiger charge is 2.22. The molecule has 1 heterocycles. The van der Waals surface area contributed by atoms with Crippen LogP contribution in [0.1, 0.15) is 59.6 Å². The summed E-state index contributed by atoms with van der Waals surface area (Å²) in [5, 5.41) is 7.47. The quantitative estimate of drug-likeness (QED) is 0.716. The van der Waals surface area contributed by atoms with Gasteiger partial charge in [0.15, 0.2) is 0 Å². The predicted octanol–water partition coefficient (Wildman–Crippen LogP) is 4.29. The molecule has 158 valence electrons. The van der Waals surface area contributed by atoms with Gasteiger partial charge in [0.25, 0.3) is 0 Å². The predicted molar refractivity (Wildman–Crippen MR) is 113 cm³/mol. The van der Waals surface area contributed by atoms with Crippen LogP contribution in [0.25, 0.3) is 5.69 Å². The molecule has 29 heavy (non-hydrogen) atoms. The van der Waals surface area contributed by atoms with Crippen LogP contribution in [0.2, 0.25) is 0 Å². The van der Waals surface area contributed by atoms with Gasteiger partial charge in [-0.05, 0) is 37.6 Å². The molecule has 1 aromatic heterocycles. The van der Waals surface area contributed by atoms with Crippen LogP contribution in [0.3, 0.4) is 0 Å². The maximum atomic E-state index is 13.3. The summed E-state index contributed by atoms with van der Waals surface area (Å²) in [6.07, 6.45) is 2.18. The molecule has 0 saturated carbocycles. The molecule has 6 nitrogen and oxygen atoms in total. The van der Waals surface area contributed by atoms with Crippen molar-refractivity contribution in [1.82, 2.24) is 14.7 Å². The normalized spacial score (nSPS) is 11.4. The Morgan fingerprint density at radius 1 is 1.17 bits per heavy atom. The highest BCUT2D eigenvalue weighted by Crippen LogP contribution is 2.26.